The van der Waals surface area contributed by atoms with Gasteiger partial charge in [-0.15, -0.1) is 0 Å². The van der Waals surface area contributed by atoms with Gasteiger partial charge in [0.1, 0.15) is 5.82 Å². The minimum absolute atomic E-state index is 0.0609. The van der Waals surface area contributed by atoms with Crippen molar-refractivity contribution >= 4 is 16.8 Å². The quantitative estimate of drug-likeness (QED) is 0.742. The first-order valence-electron chi connectivity index (χ1n) is 7.99. The highest BCUT2D eigenvalue weighted by atomic mass is 19.1. The van der Waals surface area contributed by atoms with E-state index in [9.17, 15) is 9.18 Å². The number of carbonyl (C=O) groups is 1. The summed E-state index contributed by atoms with van der Waals surface area (Å²) in [6.45, 7) is 6.27. The molecule has 1 aromatic heterocycles. The average Bonchev–Trinajstić information content (AvgIpc) is 2.96. The zero-order chi connectivity index (χ0) is 17.3. The van der Waals surface area contributed by atoms with E-state index in [1.807, 2.05) is 39.0 Å². The van der Waals surface area contributed by atoms with Gasteiger partial charge in [0, 0.05) is 23.6 Å². The Bertz CT molecular complexity index is 896. The van der Waals surface area contributed by atoms with E-state index in [0.29, 0.717) is 12.1 Å². The zero-order valence-corrected chi connectivity index (χ0v) is 14.1. The highest BCUT2D eigenvalue weighted by Gasteiger charge is 2.32. The third-order valence-corrected chi connectivity index (χ3v) is 4.42. The number of aromatic nitrogens is 1. The maximum absolute atomic E-state index is 13.3. The summed E-state index contributed by atoms with van der Waals surface area (Å²) in [6, 6.07) is 12.6. The Morgan fingerprint density at radius 1 is 1.21 bits per heavy atom. The Morgan fingerprint density at radius 2 is 2.00 bits per heavy atom. The number of rotatable bonds is 4. The van der Waals surface area contributed by atoms with E-state index >= 15 is 0 Å². The fraction of sp³-hybridized carbons (Fsp3) is 0.250. The SMILES string of the molecule is Cc1cccc(CNC(=O)C(C)(C)c2c[nH]c3cc(F)ccc23)c1. The number of aryl methyl sites for hydroxylation is 1. The molecule has 3 nitrogen and oxygen atoms in total. The van der Waals surface area contributed by atoms with E-state index in [1.54, 1.807) is 12.3 Å². The molecule has 0 radical (unpaired) electrons. The minimum atomic E-state index is -0.722. The summed E-state index contributed by atoms with van der Waals surface area (Å²) < 4.78 is 13.3. The number of aromatic amines is 1. The van der Waals surface area contributed by atoms with Crippen LogP contribution >= 0.6 is 0 Å². The summed E-state index contributed by atoms with van der Waals surface area (Å²) in [4.78, 5) is 15.8. The largest absolute Gasteiger partial charge is 0.361 e. The smallest absolute Gasteiger partial charge is 0.230 e. The van der Waals surface area contributed by atoms with Crippen molar-refractivity contribution in [2.75, 3.05) is 0 Å². The number of amides is 1. The number of halogens is 1. The number of nitrogens with one attached hydrogen (secondary N) is 2. The molecule has 0 saturated heterocycles. The van der Waals surface area contributed by atoms with Crippen molar-refractivity contribution in [3.05, 3.63) is 71.2 Å². The van der Waals surface area contributed by atoms with Gasteiger partial charge in [0.2, 0.25) is 5.91 Å². The van der Waals surface area contributed by atoms with Crippen LogP contribution in [0.3, 0.4) is 0 Å². The molecule has 0 atom stereocenters. The van der Waals surface area contributed by atoms with E-state index in [-0.39, 0.29) is 11.7 Å². The Labute approximate surface area is 140 Å². The first-order chi connectivity index (χ1) is 11.4. The number of hydrogen-bond acceptors (Lipinski definition) is 1. The fourth-order valence-electron chi connectivity index (χ4n) is 2.96. The molecule has 0 spiro atoms. The predicted octanol–water partition coefficient (Wildman–Crippen LogP) is 4.21. The van der Waals surface area contributed by atoms with Crippen LogP contribution in [0.2, 0.25) is 0 Å². The van der Waals surface area contributed by atoms with Gasteiger partial charge in [0.15, 0.2) is 0 Å². The molecule has 0 fully saturated rings. The Hall–Kier alpha value is -2.62. The maximum atomic E-state index is 13.3. The van der Waals surface area contributed by atoms with Gasteiger partial charge < -0.3 is 10.3 Å². The van der Waals surface area contributed by atoms with Crippen molar-refractivity contribution in [3.8, 4) is 0 Å². The van der Waals surface area contributed by atoms with Gasteiger partial charge in [-0.3, -0.25) is 4.79 Å². The minimum Gasteiger partial charge on any atom is -0.361 e. The van der Waals surface area contributed by atoms with Gasteiger partial charge in [-0.05, 0) is 50.1 Å². The van der Waals surface area contributed by atoms with Crippen molar-refractivity contribution in [1.82, 2.24) is 10.3 Å². The molecule has 1 heterocycles. The highest BCUT2D eigenvalue weighted by Crippen LogP contribution is 2.31. The highest BCUT2D eigenvalue weighted by molar-refractivity contribution is 5.94. The Morgan fingerprint density at radius 3 is 2.75 bits per heavy atom. The number of fused-ring (bicyclic) bond motifs is 1. The zero-order valence-electron chi connectivity index (χ0n) is 14.1. The van der Waals surface area contributed by atoms with Gasteiger partial charge >= 0.3 is 0 Å². The van der Waals surface area contributed by atoms with Crippen LogP contribution in [-0.2, 0) is 16.8 Å². The monoisotopic (exact) mass is 324 g/mol. The third-order valence-electron chi connectivity index (χ3n) is 4.42. The summed E-state index contributed by atoms with van der Waals surface area (Å²) >= 11 is 0. The molecule has 124 valence electrons. The maximum Gasteiger partial charge on any atom is 0.230 e. The van der Waals surface area contributed by atoms with Crippen LogP contribution in [0, 0.1) is 12.7 Å². The Kier molecular flexibility index (Phi) is 4.14. The second-order valence-corrected chi connectivity index (χ2v) is 6.69. The summed E-state index contributed by atoms with van der Waals surface area (Å²) in [5.74, 6) is -0.355. The summed E-state index contributed by atoms with van der Waals surface area (Å²) in [6.07, 6.45) is 1.79. The molecule has 3 aromatic rings. The molecule has 24 heavy (non-hydrogen) atoms. The van der Waals surface area contributed by atoms with Gasteiger partial charge in [-0.1, -0.05) is 29.8 Å². The van der Waals surface area contributed by atoms with Crippen LogP contribution in [-0.4, -0.2) is 10.9 Å². The lowest BCUT2D eigenvalue weighted by Crippen LogP contribution is -2.39. The van der Waals surface area contributed by atoms with Crippen LogP contribution in [0.5, 0.6) is 0 Å². The Balaban J connectivity index is 1.82. The van der Waals surface area contributed by atoms with Crippen molar-refractivity contribution in [3.63, 3.8) is 0 Å². The van der Waals surface area contributed by atoms with Crippen molar-refractivity contribution in [2.45, 2.75) is 32.7 Å². The summed E-state index contributed by atoms with van der Waals surface area (Å²) in [5, 5.41) is 3.87. The number of H-pyrrole nitrogens is 1. The van der Waals surface area contributed by atoms with Crippen LogP contribution in [0.25, 0.3) is 10.9 Å². The molecule has 0 aliphatic heterocycles. The van der Waals surface area contributed by atoms with Crippen LogP contribution in [0.15, 0.2) is 48.7 Å². The van der Waals surface area contributed by atoms with Crippen molar-refractivity contribution in [1.29, 1.82) is 0 Å². The normalized spacial score (nSPS) is 11.7. The molecule has 0 bridgehead atoms. The summed E-state index contributed by atoms with van der Waals surface area (Å²) in [5.41, 5.74) is 3.07. The predicted molar refractivity (Wildman–Crippen MR) is 94.3 cm³/mol. The number of carbonyl (C=O) groups excluding carboxylic acids is 1. The lowest BCUT2D eigenvalue weighted by Gasteiger charge is -2.23. The van der Waals surface area contributed by atoms with E-state index in [4.69, 9.17) is 0 Å². The van der Waals surface area contributed by atoms with Crippen molar-refractivity contribution in [2.24, 2.45) is 0 Å². The third kappa shape index (κ3) is 3.04. The van der Waals surface area contributed by atoms with Crippen LogP contribution in [0.1, 0.15) is 30.5 Å². The lowest BCUT2D eigenvalue weighted by atomic mass is 9.83. The molecule has 2 aromatic carbocycles. The van der Waals surface area contributed by atoms with Crippen LogP contribution in [0.4, 0.5) is 4.39 Å². The molecule has 1 amide bonds. The number of benzene rings is 2. The molecule has 4 heteroatoms. The first kappa shape index (κ1) is 16.2. The standard InChI is InChI=1S/C20H21FN2O/c1-13-5-4-6-14(9-13)11-23-19(24)20(2,3)17-12-22-18-10-15(21)7-8-16(17)18/h4-10,12,22H,11H2,1-3H3,(H,23,24). The van der Waals surface area contributed by atoms with E-state index in [1.165, 1.54) is 17.7 Å². The van der Waals surface area contributed by atoms with Gasteiger partial charge in [-0.2, -0.15) is 0 Å². The second kappa shape index (κ2) is 6.11. The molecule has 0 aliphatic rings. The fourth-order valence-corrected chi connectivity index (χ4v) is 2.96. The first-order valence-corrected chi connectivity index (χ1v) is 7.99. The molecular formula is C20H21FN2O. The molecule has 3 rings (SSSR count). The topological polar surface area (TPSA) is 44.9 Å². The average molecular weight is 324 g/mol. The second-order valence-electron chi connectivity index (χ2n) is 6.69. The van der Waals surface area contributed by atoms with Crippen LogP contribution < -0.4 is 5.32 Å². The summed E-state index contributed by atoms with van der Waals surface area (Å²) in [7, 11) is 0. The molecule has 0 aliphatic carbocycles. The van der Waals surface area contributed by atoms with Crippen molar-refractivity contribution < 1.29 is 9.18 Å². The van der Waals surface area contributed by atoms with Gasteiger partial charge in [-0.25, -0.2) is 4.39 Å². The van der Waals surface area contributed by atoms with E-state index in [0.717, 1.165) is 16.5 Å². The molecule has 0 unspecified atom stereocenters. The van der Waals surface area contributed by atoms with E-state index in [2.05, 4.69) is 16.4 Å². The van der Waals surface area contributed by atoms with Gasteiger partial charge in [0.05, 0.1) is 5.41 Å². The van der Waals surface area contributed by atoms with E-state index < -0.39 is 5.41 Å². The lowest BCUT2D eigenvalue weighted by molar-refractivity contribution is -0.125. The van der Waals surface area contributed by atoms with Gasteiger partial charge in [0.25, 0.3) is 0 Å². The molecular weight excluding hydrogens is 303 g/mol. The molecule has 2 N–H and O–H groups in total. The molecule has 0 saturated carbocycles. The number of hydrogen-bond donors (Lipinski definition) is 2.